The average molecular weight is 498 g/mol. The number of benzene rings is 3. The first-order valence-electron chi connectivity index (χ1n) is 9.37. The van der Waals surface area contributed by atoms with E-state index in [1.54, 1.807) is 6.07 Å². The van der Waals surface area contributed by atoms with Gasteiger partial charge in [0.15, 0.2) is 0 Å². The Morgan fingerprint density at radius 2 is 1.21 bits per heavy atom. The van der Waals surface area contributed by atoms with Crippen molar-refractivity contribution in [3.05, 3.63) is 99.6 Å². The molecule has 4 rings (SSSR count). The number of carbonyl (C=O) groups excluding carboxylic acids is 1. The van der Waals surface area contributed by atoms with Gasteiger partial charge in [0.05, 0.1) is 15.4 Å². The molecule has 1 aliphatic rings. The summed E-state index contributed by atoms with van der Waals surface area (Å²) in [5, 5.41) is 9.98. The summed E-state index contributed by atoms with van der Waals surface area (Å²) in [6.07, 6.45) is 0. The van der Waals surface area contributed by atoms with Crippen LogP contribution in [0.25, 0.3) is 0 Å². The molecule has 1 fully saturated rings. The van der Waals surface area contributed by atoms with Gasteiger partial charge in [0.2, 0.25) is 0 Å². The first-order valence-corrected chi connectivity index (χ1v) is 10.4. The lowest BCUT2D eigenvalue weighted by molar-refractivity contribution is -0.158. The second kappa shape index (κ2) is 8.37. The van der Waals surface area contributed by atoms with Crippen molar-refractivity contribution < 1.29 is 19.4 Å². The molecule has 3 aromatic carbocycles. The van der Waals surface area contributed by atoms with Crippen LogP contribution < -0.4 is 4.74 Å². The van der Waals surface area contributed by atoms with Crippen molar-refractivity contribution in [2.45, 2.75) is 11.8 Å². The van der Waals surface area contributed by atoms with Crippen molar-refractivity contribution >= 4 is 34.5 Å². The number of esters is 1. The van der Waals surface area contributed by atoms with E-state index in [9.17, 15) is 14.7 Å². The molecule has 0 amide bonds. The molecule has 3 aromatic rings. The number of carboxylic acid groups (broad SMARTS) is 1. The molecule has 5 heteroatoms. The maximum Gasteiger partial charge on any atom is 0.315 e. The number of ether oxygens (including phenoxy) is 1. The monoisotopic (exact) mass is 498 g/mol. The fourth-order valence-corrected chi connectivity index (χ4v) is 4.73. The molecular formula is C24H19IO4. The molecule has 0 aliphatic heterocycles. The summed E-state index contributed by atoms with van der Waals surface area (Å²) in [4.78, 5) is 25.4. The summed E-state index contributed by atoms with van der Waals surface area (Å²) in [6.45, 7) is 0. The van der Waals surface area contributed by atoms with Gasteiger partial charge in [0.25, 0.3) is 0 Å². The van der Waals surface area contributed by atoms with Gasteiger partial charge >= 0.3 is 11.9 Å². The molecule has 0 heterocycles. The van der Waals surface area contributed by atoms with E-state index in [1.165, 1.54) is 0 Å². The molecule has 2 atom stereocenters. The quantitative estimate of drug-likeness (QED) is 0.302. The Morgan fingerprint density at radius 1 is 0.724 bits per heavy atom. The van der Waals surface area contributed by atoms with Gasteiger partial charge in [-0.2, -0.15) is 0 Å². The van der Waals surface area contributed by atoms with Crippen molar-refractivity contribution in [3.8, 4) is 5.75 Å². The van der Waals surface area contributed by atoms with Crippen LogP contribution in [0.4, 0.5) is 0 Å². The molecule has 0 aromatic heterocycles. The molecule has 146 valence electrons. The largest absolute Gasteiger partial charge is 0.481 e. The van der Waals surface area contributed by atoms with Crippen molar-refractivity contribution in [1.82, 2.24) is 0 Å². The Morgan fingerprint density at radius 3 is 1.69 bits per heavy atom. The Kier molecular flexibility index (Phi) is 5.67. The summed E-state index contributed by atoms with van der Waals surface area (Å²) < 4.78 is 6.57. The first-order chi connectivity index (χ1) is 14.1. The van der Waals surface area contributed by atoms with Crippen LogP contribution in [0.2, 0.25) is 0 Å². The fraction of sp³-hybridized carbons (Fsp3) is 0.167. The summed E-state index contributed by atoms with van der Waals surface area (Å²) in [7, 11) is 0. The third kappa shape index (κ3) is 3.79. The van der Waals surface area contributed by atoms with Crippen LogP contribution in [-0.2, 0) is 9.59 Å². The lowest BCUT2D eigenvalue weighted by Gasteiger charge is -2.49. The minimum Gasteiger partial charge on any atom is -0.481 e. The summed E-state index contributed by atoms with van der Waals surface area (Å²) in [6, 6.07) is 26.1. The van der Waals surface area contributed by atoms with Gasteiger partial charge in [-0.3, -0.25) is 9.59 Å². The van der Waals surface area contributed by atoms with Crippen LogP contribution in [-0.4, -0.2) is 17.0 Å². The van der Waals surface area contributed by atoms with Crippen LogP contribution in [0, 0.1) is 15.4 Å². The Labute approximate surface area is 182 Å². The van der Waals surface area contributed by atoms with Gasteiger partial charge in [-0.15, -0.1) is 0 Å². The van der Waals surface area contributed by atoms with E-state index < -0.39 is 35.6 Å². The molecule has 1 saturated carbocycles. The SMILES string of the molecule is O=C(O)C1[C@H](c2ccccc2)C(C(=O)Oc2ccccc2I)[C@H]1c1ccccc1. The second-order valence-electron chi connectivity index (χ2n) is 7.11. The standard InChI is InChI=1S/C24H19IO4/c25-17-13-7-8-14-18(17)29-24(28)22-19(15-9-3-1-4-10-15)21(23(26)27)20(22)16-11-5-2-6-12-16/h1-14,19-22H,(H,26,27)/t19-,20-,21?,22?/m0/s1. The van der Waals surface area contributed by atoms with Crippen molar-refractivity contribution in [2.24, 2.45) is 11.8 Å². The van der Waals surface area contributed by atoms with Crippen molar-refractivity contribution in [3.63, 3.8) is 0 Å². The van der Waals surface area contributed by atoms with E-state index in [0.717, 1.165) is 14.7 Å². The third-order valence-corrected chi connectivity index (χ3v) is 6.41. The number of hydrogen-bond acceptors (Lipinski definition) is 3. The average Bonchev–Trinajstić information content (AvgIpc) is 2.70. The zero-order valence-electron chi connectivity index (χ0n) is 15.4. The summed E-state index contributed by atoms with van der Waals surface area (Å²) in [5.74, 6) is -2.93. The van der Waals surface area contributed by atoms with Crippen molar-refractivity contribution in [2.75, 3.05) is 0 Å². The van der Waals surface area contributed by atoms with Crippen LogP contribution in [0.5, 0.6) is 5.75 Å². The van der Waals surface area contributed by atoms with Crippen molar-refractivity contribution in [1.29, 1.82) is 0 Å². The van der Waals surface area contributed by atoms with Gasteiger partial charge in [0, 0.05) is 11.8 Å². The number of hydrogen-bond donors (Lipinski definition) is 1. The van der Waals surface area contributed by atoms with Crippen LogP contribution >= 0.6 is 22.6 Å². The molecule has 0 saturated heterocycles. The highest BCUT2D eigenvalue weighted by Crippen LogP contribution is 2.58. The van der Waals surface area contributed by atoms with Gasteiger partial charge < -0.3 is 9.84 Å². The zero-order chi connectivity index (χ0) is 20.4. The van der Waals surface area contributed by atoms with Gasteiger partial charge in [-0.1, -0.05) is 72.8 Å². The predicted octanol–water partition coefficient (Wildman–Crippen LogP) is 5.09. The molecule has 1 aliphatic carbocycles. The number of para-hydroxylation sites is 1. The van der Waals surface area contributed by atoms with Crippen LogP contribution in [0.3, 0.4) is 0 Å². The lowest BCUT2D eigenvalue weighted by atomic mass is 9.52. The molecule has 0 bridgehead atoms. The van der Waals surface area contributed by atoms with Crippen LogP contribution in [0.1, 0.15) is 23.0 Å². The maximum absolute atomic E-state index is 13.3. The van der Waals surface area contributed by atoms with E-state index in [4.69, 9.17) is 4.74 Å². The Bertz CT molecular complexity index is 972. The van der Waals surface area contributed by atoms with E-state index in [0.29, 0.717) is 5.75 Å². The first kappa shape index (κ1) is 19.6. The van der Waals surface area contributed by atoms with E-state index in [-0.39, 0.29) is 0 Å². The normalized spacial score (nSPS) is 23.1. The van der Waals surface area contributed by atoms with Gasteiger partial charge in [-0.05, 0) is 45.9 Å². The van der Waals surface area contributed by atoms with Crippen LogP contribution in [0.15, 0.2) is 84.9 Å². The number of aliphatic carboxylic acids is 1. The van der Waals surface area contributed by atoms with E-state index in [2.05, 4.69) is 22.6 Å². The minimum atomic E-state index is -0.897. The Balaban J connectivity index is 1.74. The Hall–Kier alpha value is -2.67. The highest BCUT2D eigenvalue weighted by molar-refractivity contribution is 14.1. The maximum atomic E-state index is 13.3. The molecule has 0 spiro atoms. The molecular weight excluding hydrogens is 479 g/mol. The number of carbonyl (C=O) groups is 2. The molecule has 4 nitrogen and oxygen atoms in total. The second-order valence-corrected chi connectivity index (χ2v) is 8.28. The zero-order valence-corrected chi connectivity index (χ0v) is 17.6. The minimum absolute atomic E-state index is 0.394. The third-order valence-electron chi connectivity index (χ3n) is 5.52. The number of carboxylic acids is 1. The summed E-state index contributed by atoms with van der Waals surface area (Å²) in [5.41, 5.74) is 1.69. The molecule has 0 unspecified atom stereocenters. The predicted molar refractivity (Wildman–Crippen MR) is 118 cm³/mol. The number of rotatable bonds is 5. The van der Waals surface area contributed by atoms with E-state index >= 15 is 0 Å². The molecule has 1 N–H and O–H groups in total. The molecule has 0 radical (unpaired) electrons. The van der Waals surface area contributed by atoms with Gasteiger partial charge in [-0.25, -0.2) is 0 Å². The fourth-order valence-electron chi connectivity index (χ4n) is 4.23. The lowest BCUT2D eigenvalue weighted by Crippen LogP contribution is -2.52. The van der Waals surface area contributed by atoms with E-state index in [1.807, 2.05) is 78.9 Å². The summed E-state index contributed by atoms with van der Waals surface area (Å²) >= 11 is 2.12. The topological polar surface area (TPSA) is 63.6 Å². The molecule has 29 heavy (non-hydrogen) atoms. The smallest absolute Gasteiger partial charge is 0.315 e. The highest BCUT2D eigenvalue weighted by atomic mass is 127. The highest BCUT2D eigenvalue weighted by Gasteiger charge is 2.59. The number of halogens is 1. The van der Waals surface area contributed by atoms with Gasteiger partial charge in [0.1, 0.15) is 5.75 Å².